The van der Waals surface area contributed by atoms with Crippen LogP contribution in [0.25, 0.3) is 0 Å². The van der Waals surface area contributed by atoms with Crippen molar-refractivity contribution in [3.8, 4) is 0 Å². The van der Waals surface area contributed by atoms with Crippen LogP contribution in [0.15, 0.2) is 0 Å². The minimum Gasteiger partial charge on any atom is -0.262 e. The predicted octanol–water partition coefficient (Wildman–Crippen LogP) is 0.773. The smallest absolute Gasteiger partial charge is 0.243 e. The molecule has 0 saturated carbocycles. The van der Waals surface area contributed by atoms with E-state index in [9.17, 15) is 0 Å². The molecular formula is C8H17N2+. The highest BCUT2D eigenvalue weighted by atomic mass is 15.3. The lowest BCUT2D eigenvalue weighted by molar-refractivity contribution is -0.514. The zero-order valence-electron chi connectivity index (χ0n) is 7.22. The zero-order chi connectivity index (χ0) is 7.56. The molecule has 0 amide bonds. The fraction of sp³-hybridized carbons (Fsp3) is 0.875. The van der Waals surface area contributed by atoms with Crippen molar-refractivity contribution in [1.82, 2.24) is 4.90 Å². The summed E-state index contributed by atoms with van der Waals surface area (Å²) in [7, 11) is 0. The van der Waals surface area contributed by atoms with E-state index in [-0.39, 0.29) is 0 Å². The Kier molecular flexibility index (Phi) is 2.30. The summed E-state index contributed by atoms with van der Waals surface area (Å²) in [5, 5.41) is 0. The van der Waals surface area contributed by atoms with Crippen LogP contribution in [0.2, 0.25) is 0 Å². The highest BCUT2D eigenvalue weighted by Crippen LogP contribution is 1.99. The molecule has 1 rings (SSSR count). The van der Waals surface area contributed by atoms with Crippen LogP contribution in [0.3, 0.4) is 0 Å². The fourth-order valence-electron chi connectivity index (χ4n) is 1.54. The van der Waals surface area contributed by atoms with Crippen LogP contribution in [0.1, 0.15) is 20.8 Å². The third-order valence-electron chi connectivity index (χ3n) is 2.32. The van der Waals surface area contributed by atoms with E-state index in [2.05, 4.69) is 30.2 Å². The second-order valence-electron chi connectivity index (χ2n) is 2.71. The number of nitrogens with zero attached hydrogens (tertiary/aromatic N) is 2. The van der Waals surface area contributed by atoms with Crippen LogP contribution < -0.4 is 0 Å². The topological polar surface area (TPSA) is 6.25 Å². The Bertz CT molecular complexity index is 149. The number of hydrogen-bond acceptors (Lipinski definition) is 1. The Morgan fingerprint density at radius 3 is 2.50 bits per heavy atom. The summed E-state index contributed by atoms with van der Waals surface area (Å²) in [5.41, 5.74) is 0. The summed E-state index contributed by atoms with van der Waals surface area (Å²) in [6.07, 6.45) is 0. The van der Waals surface area contributed by atoms with Gasteiger partial charge >= 0.3 is 0 Å². The van der Waals surface area contributed by atoms with Gasteiger partial charge in [-0.1, -0.05) is 0 Å². The molecule has 0 aliphatic carbocycles. The maximum Gasteiger partial charge on any atom is 0.243 e. The average Bonchev–Trinajstić information content (AvgIpc) is 2.30. The molecule has 0 atom stereocenters. The van der Waals surface area contributed by atoms with Crippen LogP contribution in [0.4, 0.5) is 0 Å². The van der Waals surface area contributed by atoms with E-state index in [4.69, 9.17) is 0 Å². The molecular weight excluding hydrogens is 124 g/mol. The minimum atomic E-state index is 1.16. The van der Waals surface area contributed by atoms with Gasteiger partial charge in [0.25, 0.3) is 0 Å². The molecule has 0 aromatic carbocycles. The quantitative estimate of drug-likeness (QED) is 0.515. The summed E-state index contributed by atoms with van der Waals surface area (Å²) in [4.78, 5) is 2.42. The SMILES string of the molecule is CCN1CC[N+](CC)=C1C. The molecule has 0 unspecified atom stereocenters. The van der Waals surface area contributed by atoms with E-state index in [1.54, 1.807) is 0 Å². The van der Waals surface area contributed by atoms with E-state index in [0.717, 1.165) is 13.1 Å². The normalized spacial score (nSPS) is 18.9. The summed E-state index contributed by atoms with van der Waals surface area (Å²) in [6, 6.07) is 0. The van der Waals surface area contributed by atoms with Crippen molar-refractivity contribution in [2.24, 2.45) is 0 Å². The third kappa shape index (κ3) is 1.15. The molecule has 0 radical (unpaired) electrons. The van der Waals surface area contributed by atoms with Gasteiger partial charge in [-0.25, -0.2) is 0 Å². The van der Waals surface area contributed by atoms with Gasteiger partial charge < -0.3 is 0 Å². The molecule has 1 aliphatic rings. The minimum absolute atomic E-state index is 1.16. The van der Waals surface area contributed by atoms with Gasteiger partial charge in [-0.05, 0) is 13.8 Å². The van der Waals surface area contributed by atoms with Crippen molar-refractivity contribution in [2.45, 2.75) is 20.8 Å². The molecule has 0 aromatic rings. The van der Waals surface area contributed by atoms with Gasteiger partial charge in [0.05, 0.1) is 13.1 Å². The molecule has 0 bridgehead atoms. The maximum absolute atomic E-state index is 2.42. The molecule has 10 heavy (non-hydrogen) atoms. The largest absolute Gasteiger partial charge is 0.262 e. The van der Waals surface area contributed by atoms with Crippen molar-refractivity contribution >= 4 is 5.84 Å². The lowest BCUT2D eigenvalue weighted by Gasteiger charge is -2.05. The zero-order valence-corrected chi connectivity index (χ0v) is 7.22. The molecule has 1 aliphatic heterocycles. The van der Waals surface area contributed by atoms with E-state index in [0.29, 0.717) is 0 Å². The Labute approximate surface area is 63.2 Å². The number of amidine groups is 1. The van der Waals surface area contributed by atoms with Gasteiger partial charge in [-0.3, -0.25) is 9.48 Å². The first-order valence-corrected chi connectivity index (χ1v) is 4.13. The van der Waals surface area contributed by atoms with Crippen molar-refractivity contribution in [3.05, 3.63) is 0 Å². The second kappa shape index (κ2) is 3.04. The molecule has 2 nitrogen and oxygen atoms in total. The van der Waals surface area contributed by atoms with Gasteiger partial charge in [0.1, 0.15) is 13.1 Å². The molecule has 0 N–H and O–H groups in total. The monoisotopic (exact) mass is 141 g/mol. The number of likely N-dealkylation sites (N-methyl/N-ethyl adjacent to an activating group) is 2. The summed E-state index contributed by atoms with van der Waals surface area (Å²) < 4.78 is 2.42. The Morgan fingerprint density at radius 1 is 1.50 bits per heavy atom. The van der Waals surface area contributed by atoms with Gasteiger partial charge in [-0.15, -0.1) is 0 Å². The first-order valence-electron chi connectivity index (χ1n) is 4.13. The molecule has 0 fully saturated rings. The fourth-order valence-corrected chi connectivity index (χ4v) is 1.54. The van der Waals surface area contributed by atoms with Crippen LogP contribution in [0, 0.1) is 0 Å². The number of hydrogen-bond donors (Lipinski definition) is 0. The summed E-state index contributed by atoms with van der Waals surface area (Å²) in [5.74, 6) is 1.45. The van der Waals surface area contributed by atoms with Gasteiger partial charge in [0.2, 0.25) is 5.84 Å². The second-order valence-corrected chi connectivity index (χ2v) is 2.71. The molecule has 1 heterocycles. The van der Waals surface area contributed by atoms with Crippen molar-refractivity contribution in [1.29, 1.82) is 0 Å². The Morgan fingerprint density at radius 2 is 2.20 bits per heavy atom. The van der Waals surface area contributed by atoms with Crippen molar-refractivity contribution in [3.63, 3.8) is 0 Å². The maximum atomic E-state index is 2.42. The van der Waals surface area contributed by atoms with Gasteiger partial charge in [0, 0.05) is 6.92 Å². The van der Waals surface area contributed by atoms with E-state index >= 15 is 0 Å². The standard InChI is InChI=1S/C8H17N2/c1-4-9-6-7-10(5-2)8(9)3/h4-7H2,1-3H3/q+1. The third-order valence-corrected chi connectivity index (χ3v) is 2.32. The van der Waals surface area contributed by atoms with Gasteiger partial charge in [0.15, 0.2) is 0 Å². The average molecular weight is 141 g/mol. The van der Waals surface area contributed by atoms with E-state index in [1.165, 1.54) is 18.9 Å². The summed E-state index contributed by atoms with van der Waals surface area (Å²) >= 11 is 0. The first kappa shape index (κ1) is 7.58. The predicted molar refractivity (Wildman–Crippen MR) is 43.6 cm³/mol. The molecule has 0 aromatic heterocycles. The first-order chi connectivity index (χ1) is 4.79. The highest BCUT2D eigenvalue weighted by molar-refractivity contribution is 5.75. The van der Waals surface area contributed by atoms with Crippen LogP contribution >= 0.6 is 0 Å². The van der Waals surface area contributed by atoms with Crippen molar-refractivity contribution < 1.29 is 4.58 Å². The molecule has 58 valence electrons. The Balaban J connectivity index is 2.63. The highest BCUT2D eigenvalue weighted by Gasteiger charge is 2.22. The van der Waals surface area contributed by atoms with Crippen molar-refractivity contribution in [2.75, 3.05) is 26.2 Å². The number of rotatable bonds is 2. The van der Waals surface area contributed by atoms with E-state index < -0.39 is 0 Å². The van der Waals surface area contributed by atoms with Crippen LogP contribution in [-0.4, -0.2) is 41.5 Å². The molecule has 0 saturated heterocycles. The summed E-state index contributed by atoms with van der Waals surface area (Å²) in [6.45, 7) is 11.4. The van der Waals surface area contributed by atoms with Crippen LogP contribution in [0.5, 0.6) is 0 Å². The van der Waals surface area contributed by atoms with Crippen LogP contribution in [-0.2, 0) is 0 Å². The molecule has 0 spiro atoms. The van der Waals surface area contributed by atoms with Gasteiger partial charge in [-0.2, -0.15) is 0 Å². The molecule has 2 heteroatoms. The van der Waals surface area contributed by atoms with E-state index in [1.807, 2.05) is 0 Å². The Hall–Kier alpha value is -0.530. The lowest BCUT2D eigenvalue weighted by Crippen LogP contribution is -2.26. The lowest BCUT2D eigenvalue weighted by atomic mass is 10.5.